The molecule has 5 nitrogen and oxygen atoms in total. The molecule has 0 radical (unpaired) electrons. The largest absolute Gasteiger partial charge is 0.480 e. The number of carbonyl (C=O) groups excluding carboxylic acids is 1. The number of benzene rings is 2. The van der Waals surface area contributed by atoms with E-state index in [4.69, 9.17) is 10.8 Å². The zero-order valence-electron chi connectivity index (χ0n) is 13.0. The molecule has 2 aromatic carbocycles. The summed E-state index contributed by atoms with van der Waals surface area (Å²) < 4.78 is 0. The maximum atomic E-state index is 12.0. The van der Waals surface area contributed by atoms with Crippen LogP contribution >= 0.6 is 0 Å². The average Bonchev–Trinajstić information content (AvgIpc) is 2.54. The predicted octanol–water partition coefficient (Wildman–Crippen LogP) is 1.88. The van der Waals surface area contributed by atoms with E-state index >= 15 is 0 Å². The van der Waals surface area contributed by atoms with Gasteiger partial charge in [0.1, 0.15) is 6.04 Å². The number of aliphatic carboxylic acids is 1. The van der Waals surface area contributed by atoms with Crippen molar-refractivity contribution in [3.63, 3.8) is 0 Å². The molecule has 5 heteroatoms. The van der Waals surface area contributed by atoms with Crippen LogP contribution in [0.25, 0.3) is 0 Å². The topological polar surface area (TPSA) is 92.4 Å². The van der Waals surface area contributed by atoms with Crippen LogP contribution in [0.5, 0.6) is 0 Å². The Labute approximate surface area is 135 Å². The van der Waals surface area contributed by atoms with Crippen LogP contribution in [0, 0.1) is 6.92 Å². The summed E-state index contributed by atoms with van der Waals surface area (Å²) in [6, 6.07) is 13.9. The first-order chi connectivity index (χ1) is 11.0. The average molecular weight is 312 g/mol. The van der Waals surface area contributed by atoms with Gasteiger partial charge in [0, 0.05) is 12.1 Å². The van der Waals surface area contributed by atoms with Crippen molar-refractivity contribution in [2.75, 3.05) is 0 Å². The molecule has 0 bridgehead atoms. The van der Waals surface area contributed by atoms with Crippen molar-refractivity contribution < 1.29 is 14.7 Å². The summed E-state index contributed by atoms with van der Waals surface area (Å²) in [5, 5.41) is 11.7. The van der Waals surface area contributed by atoms with Gasteiger partial charge in [-0.05, 0) is 36.6 Å². The van der Waals surface area contributed by atoms with Gasteiger partial charge in [0.15, 0.2) is 0 Å². The third-order valence-electron chi connectivity index (χ3n) is 3.56. The SMILES string of the molecule is Cc1ccc(C(=O)NCc2ccc(CC(N)C(=O)O)cc2)cc1. The van der Waals surface area contributed by atoms with Crippen LogP contribution in [0.15, 0.2) is 48.5 Å². The molecule has 4 N–H and O–H groups in total. The number of aryl methyl sites for hydroxylation is 1. The highest BCUT2D eigenvalue weighted by atomic mass is 16.4. The van der Waals surface area contributed by atoms with Crippen molar-refractivity contribution in [1.29, 1.82) is 0 Å². The standard InChI is InChI=1S/C18H20N2O3/c1-12-2-8-15(9-3-12)17(21)20-11-14-6-4-13(5-7-14)10-16(19)18(22)23/h2-9,16H,10-11,19H2,1H3,(H,20,21)(H,22,23). The Morgan fingerprint density at radius 3 is 2.17 bits per heavy atom. The molecule has 1 atom stereocenters. The molecule has 0 spiro atoms. The second-order valence-corrected chi connectivity index (χ2v) is 5.51. The fraction of sp³-hybridized carbons (Fsp3) is 0.222. The Morgan fingerprint density at radius 2 is 1.61 bits per heavy atom. The summed E-state index contributed by atoms with van der Waals surface area (Å²) in [5.41, 5.74) is 9.03. The van der Waals surface area contributed by atoms with E-state index in [1.54, 1.807) is 12.1 Å². The molecule has 23 heavy (non-hydrogen) atoms. The molecule has 2 rings (SSSR count). The normalized spacial score (nSPS) is 11.7. The van der Waals surface area contributed by atoms with E-state index in [9.17, 15) is 9.59 Å². The van der Waals surface area contributed by atoms with Crippen molar-refractivity contribution in [2.24, 2.45) is 5.73 Å². The molecule has 0 aromatic heterocycles. The van der Waals surface area contributed by atoms with Gasteiger partial charge in [-0.2, -0.15) is 0 Å². The van der Waals surface area contributed by atoms with Crippen LogP contribution in [0.3, 0.4) is 0 Å². The van der Waals surface area contributed by atoms with E-state index in [0.29, 0.717) is 12.1 Å². The van der Waals surface area contributed by atoms with Crippen LogP contribution in [-0.2, 0) is 17.8 Å². The molecular formula is C18H20N2O3. The van der Waals surface area contributed by atoms with Gasteiger partial charge in [-0.1, -0.05) is 42.0 Å². The van der Waals surface area contributed by atoms with Crippen LogP contribution in [0.1, 0.15) is 27.0 Å². The Kier molecular flexibility index (Phi) is 5.49. The van der Waals surface area contributed by atoms with E-state index in [-0.39, 0.29) is 12.3 Å². The number of carbonyl (C=O) groups is 2. The second-order valence-electron chi connectivity index (χ2n) is 5.51. The van der Waals surface area contributed by atoms with Crippen molar-refractivity contribution in [3.05, 3.63) is 70.8 Å². The molecule has 1 unspecified atom stereocenters. The van der Waals surface area contributed by atoms with Crippen LogP contribution in [-0.4, -0.2) is 23.0 Å². The highest BCUT2D eigenvalue weighted by Gasteiger charge is 2.11. The zero-order valence-corrected chi connectivity index (χ0v) is 13.0. The quantitative estimate of drug-likeness (QED) is 0.759. The molecule has 1 amide bonds. The summed E-state index contributed by atoms with van der Waals surface area (Å²) in [7, 11) is 0. The van der Waals surface area contributed by atoms with E-state index < -0.39 is 12.0 Å². The maximum Gasteiger partial charge on any atom is 0.320 e. The lowest BCUT2D eigenvalue weighted by Gasteiger charge is -2.09. The predicted molar refractivity (Wildman–Crippen MR) is 88.1 cm³/mol. The van der Waals surface area contributed by atoms with E-state index in [1.165, 1.54) is 0 Å². The van der Waals surface area contributed by atoms with Crippen molar-refractivity contribution in [3.8, 4) is 0 Å². The van der Waals surface area contributed by atoms with Gasteiger partial charge in [-0.25, -0.2) is 0 Å². The van der Waals surface area contributed by atoms with Gasteiger partial charge >= 0.3 is 5.97 Å². The number of hydrogen-bond acceptors (Lipinski definition) is 3. The minimum atomic E-state index is -1.01. The summed E-state index contributed by atoms with van der Waals surface area (Å²) in [6.07, 6.45) is 0.283. The molecule has 0 aliphatic carbocycles. The third-order valence-corrected chi connectivity index (χ3v) is 3.56. The van der Waals surface area contributed by atoms with Crippen molar-refractivity contribution >= 4 is 11.9 Å². The van der Waals surface area contributed by atoms with Gasteiger partial charge in [0.25, 0.3) is 5.91 Å². The number of nitrogens with two attached hydrogens (primary N) is 1. The first kappa shape index (κ1) is 16.7. The summed E-state index contributed by atoms with van der Waals surface area (Å²) >= 11 is 0. The molecule has 0 fully saturated rings. The fourth-order valence-corrected chi connectivity index (χ4v) is 2.12. The molecule has 0 aliphatic heterocycles. The molecule has 120 valence electrons. The summed E-state index contributed by atoms with van der Waals surface area (Å²) in [5.74, 6) is -1.14. The lowest BCUT2D eigenvalue weighted by molar-refractivity contribution is -0.138. The second kappa shape index (κ2) is 7.56. The minimum Gasteiger partial charge on any atom is -0.480 e. The lowest BCUT2D eigenvalue weighted by atomic mass is 10.0. The molecule has 0 saturated carbocycles. The highest BCUT2D eigenvalue weighted by Crippen LogP contribution is 2.08. The Bertz CT molecular complexity index is 678. The third kappa shape index (κ3) is 4.93. The van der Waals surface area contributed by atoms with E-state index in [1.807, 2.05) is 43.3 Å². The van der Waals surface area contributed by atoms with E-state index in [0.717, 1.165) is 16.7 Å². The van der Waals surface area contributed by atoms with Gasteiger partial charge in [0.05, 0.1) is 0 Å². The van der Waals surface area contributed by atoms with Crippen molar-refractivity contribution in [2.45, 2.75) is 25.9 Å². The van der Waals surface area contributed by atoms with Crippen LogP contribution in [0.4, 0.5) is 0 Å². The van der Waals surface area contributed by atoms with Crippen LogP contribution in [0.2, 0.25) is 0 Å². The van der Waals surface area contributed by atoms with Gasteiger partial charge < -0.3 is 16.2 Å². The fourth-order valence-electron chi connectivity index (χ4n) is 2.12. The Balaban J connectivity index is 1.89. The molecule has 2 aromatic rings. The minimum absolute atomic E-state index is 0.123. The smallest absolute Gasteiger partial charge is 0.320 e. The molecule has 0 heterocycles. The summed E-state index contributed by atoms with van der Waals surface area (Å²) in [4.78, 5) is 22.8. The monoisotopic (exact) mass is 312 g/mol. The summed E-state index contributed by atoms with van der Waals surface area (Å²) in [6.45, 7) is 2.39. The first-order valence-corrected chi connectivity index (χ1v) is 7.37. The number of hydrogen-bond donors (Lipinski definition) is 3. The van der Waals surface area contributed by atoms with Crippen molar-refractivity contribution in [1.82, 2.24) is 5.32 Å². The van der Waals surface area contributed by atoms with Gasteiger partial charge in [0.2, 0.25) is 0 Å². The van der Waals surface area contributed by atoms with Gasteiger partial charge in [-0.3, -0.25) is 9.59 Å². The molecular weight excluding hydrogens is 292 g/mol. The number of carboxylic acid groups (broad SMARTS) is 1. The maximum absolute atomic E-state index is 12.0. The molecule has 0 aliphatic rings. The van der Waals surface area contributed by atoms with Crippen LogP contribution < -0.4 is 11.1 Å². The zero-order chi connectivity index (χ0) is 16.8. The Morgan fingerprint density at radius 1 is 1.04 bits per heavy atom. The number of amides is 1. The van der Waals surface area contributed by atoms with Gasteiger partial charge in [-0.15, -0.1) is 0 Å². The molecule has 0 saturated heterocycles. The number of nitrogens with one attached hydrogen (secondary N) is 1. The van der Waals surface area contributed by atoms with E-state index in [2.05, 4.69) is 5.32 Å². The lowest BCUT2D eigenvalue weighted by Crippen LogP contribution is -2.32. The first-order valence-electron chi connectivity index (χ1n) is 7.37. The highest BCUT2D eigenvalue weighted by molar-refractivity contribution is 5.94. The number of carboxylic acids is 1. The number of rotatable bonds is 6. The Hall–Kier alpha value is -2.66.